The third-order valence-electron chi connectivity index (χ3n) is 4.20. The summed E-state index contributed by atoms with van der Waals surface area (Å²) in [5.74, 6) is 1.14. The summed E-state index contributed by atoms with van der Waals surface area (Å²) in [7, 11) is 0. The van der Waals surface area contributed by atoms with Crippen molar-refractivity contribution in [3.05, 3.63) is 66.2 Å². The molecule has 0 bridgehead atoms. The lowest BCUT2D eigenvalue weighted by Gasteiger charge is -2.21. The maximum atomic E-state index is 5.75. The minimum atomic E-state index is 0.280. The van der Waals surface area contributed by atoms with E-state index in [-0.39, 0.29) is 6.04 Å². The number of amidine groups is 1. The lowest BCUT2D eigenvalue weighted by Crippen LogP contribution is -2.38. The lowest BCUT2D eigenvalue weighted by molar-refractivity contribution is -0.511. The van der Waals surface area contributed by atoms with Gasteiger partial charge >= 0.3 is 5.17 Å². The van der Waals surface area contributed by atoms with Gasteiger partial charge in [-0.1, -0.05) is 48.5 Å². The minimum Gasteiger partial charge on any atom is -0.313 e. The SMILES string of the molecule is S=C(Nc1ccccc1)N1C2=[N+](CCS2)CC1c1ccccc1. The molecule has 4 rings (SSSR count). The number of para-hydroxylation sites is 1. The Labute approximate surface area is 146 Å². The zero-order valence-corrected chi connectivity index (χ0v) is 14.3. The summed E-state index contributed by atoms with van der Waals surface area (Å²) in [5.41, 5.74) is 2.35. The predicted molar refractivity (Wildman–Crippen MR) is 101 cm³/mol. The van der Waals surface area contributed by atoms with E-state index in [4.69, 9.17) is 12.2 Å². The zero-order valence-electron chi connectivity index (χ0n) is 12.7. The maximum Gasteiger partial charge on any atom is 0.316 e. The van der Waals surface area contributed by atoms with Crippen LogP contribution in [0.15, 0.2) is 60.7 Å². The van der Waals surface area contributed by atoms with Gasteiger partial charge in [-0.3, -0.25) is 4.58 Å². The molecular weight excluding hydrogens is 322 g/mol. The van der Waals surface area contributed by atoms with Gasteiger partial charge in [0.25, 0.3) is 5.11 Å². The Bertz CT molecular complexity index is 743. The smallest absolute Gasteiger partial charge is 0.313 e. The van der Waals surface area contributed by atoms with E-state index in [1.807, 2.05) is 42.1 Å². The van der Waals surface area contributed by atoms with Crippen molar-refractivity contribution in [2.24, 2.45) is 0 Å². The third-order valence-corrected chi connectivity index (χ3v) is 5.60. The number of nitrogens with zero attached hydrogens (tertiary/aromatic N) is 2. The average molecular weight is 340 g/mol. The summed E-state index contributed by atoms with van der Waals surface area (Å²) in [5, 5.41) is 5.45. The van der Waals surface area contributed by atoms with Crippen molar-refractivity contribution >= 4 is 39.9 Å². The Morgan fingerprint density at radius 2 is 1.78 bits per heavy atom. The van der Waals surface area contributed by atoms with E-state index in [9.17, 15) is 0 Å². The van der Waals surface area contributed by atoms with Crippen LogP contribution in [0.4, 0.5) is 5.69 Å². The van der Waals surface area contributed by atoms with Gasteiger partial charge in [0, 0.05) is 17.0 Å². The Balaban J connectivity index is 1.63. The first kappa shape index (κ1) is 14.7. The van der Waals surface area contributed by atoms with Crippen molar-refractivity contribution in [2.75, 3.05) is 24.2 Å². The highest BCUT2D eigenvalue weighted by Crippen LogP contribution is 2.33. The van der Waals surface area contributed by atoms with Crippen LogP contribution in [0, 0.1) is 0 Å². The van der Waals surface area contributed by atoms with Gasteiger partial charge in [-0.25, -0.2) is 0 Å². The molecule has 23 heavy (non-hydrogen) atoms. The Morgan fingerprint density at radius 1 is 1.09 bits per heavy atom. The lowest BCUT2D eigenvalue weighted by atomic mass is 10.1. The summed E-state index contributed by atoms with van der Waals surface area (Å²) >= 11 is 7.65. The normalized spacial score (nSPS) is 19.8. The van der Waals surface area contributed by atoms with Crippen LogP contribution in [-0.4, -0.2) is 38.6 Å². The molecule has 2 aromatic rings. The predicted octanol–water partition coefficient (Wildman–Crippen LogP) is 3.56. The summed E-state index contributed by atoms with van der Waals surface area (Å²) in [4.78, 5) is 2.29. The van der Waals surface area contributed by atoms with Crippen LogP contribution in [0.3, 0.4) is 0 Å². The van der Waals surface area contributed by atoms with Crippen LogP contribution in [-0.2, 0) is 0 Å². The molecule has 0 spiro atoms. The second-order valence-electron chi connectivity index (χ2n) is 5.67. The Kier molecular flexibility index (Phi) is 4.06. The Morgan fingerprint density at radius 3 is 2.52 bits per heavy atom. The number of anilines is 1. The van der Waals surface area contributed by atoms with Crippen LogP contribution in [0.1, 0.15) is 11.6 Å². The number of rotatable bonds is 2. The summed E-state index contributed by atoms with van der Waals surface area (Å²) < 4.78 is 2.45. The van der Waals surface area contributed by atoms with Crippen LogP contribution in [0.25, 0.3) is 0 Å². The number of hydrogen-bond donors (Lipinski definition) is 1. The third kappa shape index (κ3) is 2.86. The molecule has 116 valence electrons. The number of benzene rings is 2. The highest BCUT2D eigenvalue weighted by molar-refractivity contribution is 8.13. The van der Waals surface area contributed by atoms with Gasteiger partial charge in [-0.15, -0.1) is 0 Å². The molecule has 1 N–H and O–H groups in total. The number of hydrogen-bond acceptors (Lipinski definition) is 2. The zero-order chi connectivity index (χ0) is 15.6. The Hall–Kier alpha value is -1.85. The molecule has 3 nitrogen and oxygen atoms in total. The molecule has 0 amide bonds. The van der Waals surface area contributed by atoms with Crippen LogP contribution < -0.4 is 5.32 Å². The molecule has 1 atom stereocenters. The molecule has 2 aromatic carbocycles. The average Bonchev–Trinajstić information content (AvgIpc) is 3.17. The van der Waals surface area contributed by atoms with E-state index in [1.54, 1.807) is 0 Å². The summed E-state index contributed by atoms with van der Waals surface area (Å²) in [6.07, 6.45) is 0. The molecule has 0 saturated carbocycles. The van der Waals surface area contributed by atoms with E-state index >= 15 is 0 Å². The van der Waals surface area contributed by atoms with Crippen LogP contribution in [0.2, 0.25) is 0 Å². The van der Waals surface area contributed by atoms with Gasteiger partial charge in [0.1, 0.15) is 6.54 Å². The molecular formula is C18H18N3S2+. The molecule has 0 radical (unpaired) electrons. The molecule has 0 aromatic heterocycles. The molecule has 2 heterocycles. The number of thioether (sulfide) groups is 1. The van der Waals surface area contributed by atoms with Gasteiger partial charge < -0.3 is 5.32 Å². The van der Waals surface area contributed by atoms with Crippen molar-refractivity contribution in [2.45, 2.75) is 6.04 Å². The van der Waals surface area contributed by atoms with E-state index in [0.717, 1.165) is 29.6 Å². The quantitative estimate of drug-likeness (QED) is 0.665. The first-order chi connectivity index (χ1) is 11.3. The monoisotopic (exact) mass is 340 g/mol. The first-order valence-electron chi connectivity index (χ1n) is 7.78. The fourth-order valence-corrected chi connectivity index (χ4v) is 4.70. The molecule has 5 heteroatoms. The number of nitrogens with one attached hydrogen (secondary N) is 1. The minimum absolute atomic E-state index is 0.280. The molecule has 0 saturated heterocycles. The first-order valence-corrected chi connectivity index (χ1v) is 9.17. The molecule has 2 aliphatic rings. The topological polar surface area (TPSA) is 18.3 Å². The molecule has 0 fully saturated rings. The summed E-state index contributed by atoms with van der Waals surface area (Å²) in [6.45, 7) is 2.11. The highest BCUT2D eigenvalue weighted by atomic mass is 32.2. The van der Waals surface area contributed by atoms with E-state index in [0.29, 0.717) is 0 Å². The molecule has 0 aliphatic carbocycles. The van der Waals surface area contributed by atoms with E-state index in [2.05, 4.69) is 45.1 Å². The van der Waals surface area contributed by atoms with Crippen molar-refractivity contribution in [3.8, 4) is 0 Å². The fourth-order valence-electron chi connectivity index (χ4n) is 3.11. The van der Waals surface area contributed by atoms with Gasteiger partial charge in [-0.05, 0) is 36.1 Å². The van der Waals surface area contributed by atoms with Crippen molar-refractivity contribution in [1.82, 2.24) is 4.90 Å². The van der Waals surface area contributed by atoms with Crippen molar-refractivity contribution in [3.63, 3.8) is 0 Å². The largest absolute Gasteiger partial charge is 0.316 e. The number of thiocarbonyl (C=S) groups is 1. The van der Waals surface area contributed by atoms with Crippen LogP contribution in [0.5, 0.6) is 0 Å². The van der Waals surface area contributed by atoms with Gasteiger partial charge in [-0.2, -0.15) is 4.90 Å². The molecule has 2 aliphatic heterocycles. The van der Waals surface area contributed by atoms with Gasteiger partial charge in [0.05, 0.1) is 6.54 Å². The van der Waals surface area contributed by atoms with Gasteiger partial charge in [0.15, 0.2) is 6.04 Å². The molecule has 1 unspecified atom stereocenters. The maximum absolute atomic E-state index is 5.75. The standard InChI is InChI=1S/C18H17N3S2/c22-17(19-15-9-5-2-6-10-15)21-16(14-7-3-1-4-8-14)13-20-11-12-23-18(20)21/h1-10,16H,11-13H2/p+1. The van der Waals surface area contributed by atoms with Gasteiger partial charge in [0.2, 0.25) is 0 Å². The second-order valence-corrected chi connectivity index (χ2v) is 7.12. The van der Waals surface area contributed by atoms with E-state index < -0.39 is 0 Å². The second kappa shape index (κ2) is 6.34. The van der Waals surface area contributed by atoms with E-state index in [1.165, 1.54) is 10.7 Å². The van der Waals surface area contributed by atoms with Crippen molar-refractivity contribution < 1.29 is 4.58 Å². The highest BCUT2D eigenvalue weighted by Gasteiger charge is 2.46. The van der Waals surface area contributed by atoms with Crippen LogP contribution >= 0.6 is 24.0 Å². The fraction of sp³-hybridized carbons (Fsp3) is 0.222. The summed E-state index contributed by atoms with van der Waals surface area (Å²) in [6, 6.07) is 21.1. The van der Waals surface area contributed by atoms with Crippen molar-refractivity contribution in [1.29, 1.82) is 0 Å².